The van der Waals surface area contributed by atoms with E-state index in [1.165, 1.54) is 5.56 Å². The molecule has 130 valence electrons. The van der Waals surface area contributed by atoms with Gasteiger partial charge in [-0.1, -0.05) is 19.1 Å². The Labute approximate surface area is 151 Å². The summed E-state index contributed by atoms with van der Waals surface area (Å²) < 4.78 is 11.7. The summed E-state index contributed by atoms with van der Waals surface area (Å²) in [5.74, 6) is 1.14. The molecule has 4 rings (SSSR count). The van der Waals surface area contributed by atoms with Crippen LogP contribution in [0.5, 0.6) is 0 Å². The Morgan fingerprint density at radius 1 is 1.20 bits per heavy atom. The minimum atomic E-state index is 0.330. The van der Waals surface area contributed by atoms with Gasteiger partial charge in [0, 0.05) is 35.8 Å². The lowest BCUT2D eigenvalue weighted by molar-refractivity contribution is 0.0786. The van der Waals surface area contributed by atoms with Gasteiger partial charge in [-0.15, -0.1) is 0 Å². The van der Waals surface area contributed by atoms with Gasteiger partial charge in [0.05, 0.1) is 6.20 Å². The molecule has 25 heavy (non-hydrogen) atoms. The van der Waals surface area contributed by atoms with Crippen LogP contribution in [0.4, 0.5) is 0 Å². The van der Waals surface area contributed by atoms with E-state index in [1.807, 2.05) is 6.20 Å². The summed E-state index contributed by atoms with van der Waals surface area (Å²) in [6.07, 6.45) is 6.61. The zero-order valence-corrected chi connectivity index (χ0v) is 15.0. The second-order valence-electron chi connectivity index (χ2n) is 6.16. The van der Waals surface area contributed by atoms with Gasteiger partial charge in [-0.3, -0.25) is 5.10 Å². The minimum Gasteiger partial charge on any atom is -0.433 e. The molecule has 2 aromatic heterocycles. The number of benzene rings is 1. The third kappa shape index (κ3) is 3.65. The Morgan fingerprint density at radius 2 is 2.00 bits per heavy atom. The van der Waals surface area contributed by atoms with E-state index in [-0.39, 0.29) is 0 Å². The SMILES string of the molecule is CCc1ccc(Sc2oc(C3CCOCC3)nc2-c2cn[nH]c2)cc1. The molecule has 0 saturated carbocycles. The summed E-state index contributed by atoms with van der Waals surface area (Å²) in [5, 5.41) is 7.74. The molecule has 0 spiro atoms. The lowest BCUT2D eigenvalue weighted by Crippen LogP contribution is -2.14. The summed E-state index contributed by atoms with van der Waals surface area (Å²) in [7, 11) is 0. The Balaban J connectivity index is 1.65. The normalized spacial score (nSPS) is 15.6. The first kappa shape index (κ1) is 16.4. The third-order valence-electron chi connectivity index (χ3n) is 4.50. The average Bonchev–Trinajstić information content (AvgIpc) is 3.33. The van der Waals surface area contributed by atoms with Gasteiger partial charge in [-0.05, 0) is 48.7 Å². The molecule has 6 heteroatoms. The summed E-state index contributed by atoms with van der Waals surface area (Å²) in [6, 6.07) is 8.60. The van der Waals surface area contributed by atoms with Gasteiger partial charge in [-0.2, -0.15) is 5.10 Å². The maximum Gasteiger partial charge on any atom is 0.199 e. The lowest BCUT2D eigenvalue weighted by atomic mass is 10.0. The van der Waals surface area contributed by atoms with Crippen LogP contribution in [0.25, 0.3) is 11.3 Å². The maximum atomic E-state index is 6.19. The van der Waals surface area contributed by atoms with Crippen molar-refractivity contribution in [2.75, 3.05) is 13.2 Å². The highest BCUT2D eigenvalue weighted by molar-refractivity contribution is 7.99. The number of hydrogen-bond acceptors (Lipinski definition) is 5. The second kappa shape index (κ2) is 7.45. The Kier molecular flexibility index (Phi) is 4.90. The van der Waals surface area contributed by atoms with Crippen LogP contribution in [0.1, 0.15) is 37.1 Å². The first-order valence-electron chi connectivity index (χ1n) is 8.68. The predicted molar refractivity (Wildman–Crippen MR) is 96.8 cm³/mol. The average molecular weight is 355 g/mol. The van der Waals surface area contributed by atoms with Crippen molar-refractivity contribution in [1.82, 2.24) is 15.2 Å². The van der Waals surface area contributed by atoms with Gasteiger partial charge < -0.3 is 9.15 Å². The zero-order chi connectivity index (χ0) is 17.1. The molecule has 0 atom stereocenters. The van der Waals surface area contributed by atoms with Crippen LogP contribution in [0.3, 0.4) is 0 Å². The molecule has 0 unspecified atom stereocenters. The third-order valence-corrected chi connectivity index (χ3v) is 5.47. The number of nitrogens with one attached hydrogen (secondary N) is 1. The second-order valence-corrected chi connectivity index (χ2v) is 7.21. The molecule has 1 aliphatic heterocycles. The number of oxazole rings is 1. The predicted octanol–water partition coefficient (Wildman–Crippen LogP) is 4.67. The van der Waals surface area contributed by atoms with Crippen molar-refractivity contribution >= 4 is 11.8 Å². The summed E-state index contributed by atoms with van der Waals surface area (Å²) in [6.45, 7) is 3.71. The van der Waals surface area contributed by atoms with Crippen molar-refractivity contribution in [3.05, 3.63) is 48.1 Å². The van der Waals surface area contributed by atoms with Gasteiger partial charge in [0.25, 0.3) is 0 Å². The molecule has 1 N–H and O–H groups in total. The quantitative estimate of drug-likeness (QED) is 0.720. The topological polar surface area (TPSA) is 63.9 Å². The smallest absolute Gasteiger partial charge is 0.199 e. The molecule has 0 amide bonds. The monoisotopic (exact) mass is 355 g/mol. The van der Waals surface area contributed by atoms with Crippen molar-refractivity contribution in [2.24, 2.45) is 0 Å². The molecule has 1 fully saturated rings. The number of H-pyrrole nitrogens is 1. The Morgan fingerprint density at radius 3 is 2.68 bits per heavy atom. The van der Waals surface area contributed by atoms with Gasteiger partial charge in [0.1, 0.15) is 5.69 Å². The molecular formula is C19H21N3O2S. The molecule has 3 heterocycles. The van der Waals surface area contributed by atoms with Crippen molar-refractivity contribution < 1.29 is 9.15 Å². The maximum absolute atomic E-state index is 6.19. The fourth-order valence-corrected chi connectivity index (χ4v) is 3.85. The molecule has 3 aromatic rings. The summed E-state index contributed by atoms with van der Waals surface area (Å²) >= 11 is 1.61. The van der Waals surface area contributed by atoms with Crippen LogP contribution in [0, 0.1) is 0 Å². The van der Waals surface area contributed by atoms with Crippen LogP contribution in [0.15, 0.2) is 51.1 Å². The van der Waals surface area contributed by atoms with Crippen LogP contribution in [0.2, 0.25) is 0 Å². The van der Waals surface area contributed by atoms with Gasteiger partial charge in [0.2, 0.25) is 0 Å². The zero-order valence-electron chi connectivity index (χ0n) is 14.2. The number of aryl methyl sites for hydroxylation is 1. The summed E-state index contributed by atoms with van der Waals surface area (Å²) in [5.41, 5.74) is 3.15. The van der Waals surface area contributed by atoms with E-state index in [9.17, 15) is 0 Å². The first-order chi connectivity index (χ1) is 12.3. The number of aromatic nitrogens is 3. The summed E-state index contributed by atoms with van der Waals surface area (Å²) in [4.78, 5) is 5.95. The fraction of sp³-hybridized carbons (Fsp3) is 0.368. The standard InChI is InChI=1S/C19H21N3O2S/c1-2-13-3-5-16(6-4-13)25-19-17(15-11-20-21-12-15)22-18(24-19)14-7-9-23-10-8-14/h3-6,11-12,14H,2,7-10H2,1H3,(H,20,21). The molecule has 1 saturated heterocycles. The molecule has 0 aliphatic carbocycles. The number of rotatable bonds is 5. The highest BCUT2D eigenvalue weighted by atomic mass is 32.2. The van der Waals surface area contributed by atoms with Crippen LogP contribution in [-0.2, 0) is 11.2 Å². The molecular weight excluding hydrogens is 334 g/mol. The van der Waals surface area contributed by atoms with Gasteiger partial charge >= 0.3 is 0 Å². The van der Waals surface area contributed by atoms with Crippen LogP contribution >= 0.6 is 11.8 Å². The van der Waals surface area contributed by atoms with Crippen molar-refractivity contribution in [3.63, 3.8) is 0 Å². The van der Waals surface area contributed by atoms with Crippen molar-refractivity contribution in [3.8, 4) is 11.3 Å². The Bertz CT molecular complexity index is 806. The van der Waals surface area contributed by atoms with Gasteiger partial charge in [-0.25, -0.2) is 4.98 Å². The molecule has 0 bridgehead atoms. The van der Waals surface area contributed by atoms with Gasteiger partial charge in [0.15, 0.2) is 11.0 Å². The van der Waals surface area contributed by atoms with E-state index in [0.29, 0.717) is 5.92 Å². The van der Waals surface area contributed by atoms with E-state index < -0.39 is 0 Å². The lowest BCUT2D eigenvalue weighted by Gasteiger charge is -2.18. The number of ether oxygens (including phenoxy) is 1. The first-order valence-corrected chi connectivity index (χ1v) is 9.49. The molecule has 5 nitrogen and oxygen atoms in total. The minimum absolute atomic E-state index is 0.330. The molecule has 0 radical (unpaired) electrons. The van der Waals surface area contributed by atoms with Crippen LogP contribution < -0.4 is 0 Å². The highest BCUT2D eigenvalue weighted by Crippen LogP contribution is 2.39. The van der Waals surface area contributed by atoms with E-state index in [0.717, 1.165) is 59.6 Å². The van der Waals surface area contributed by atoms with Crippen molar-refractivity contribution in [2.45, 2.75) is 42.1 Å². The Hall–Kier alpha value is -2.05. The van der Waals surface area contributed by atoms with E-state index in [2.05, 4.69) is 41.4 Å². The molecule has 1 aliphatic rings. The fourth-order valence-electron chi connectivity index (χ4n) is 2.97. The van der Waals surface area contributed by atoms with E-state index in [1.54, 1.807) is 18.0 Å². The highest BCUT2D eigenvalue weighted by Gasteiger charge is 2.25. The number of nitrogens with zero attached hydrogens (tertiary/aromatic N) is 2. The number of hydrogen-bond donors (Lipinski definition) is 1. The van der Waals surface area contributed by atoms with Crippen molar-refractivity contribution in [1.29, 1.82) is 0 Å². The van der Waals surface area contributed by atoms with Crippen LogP contribution in [-0.4, -0.2) is 28.4 Å². The molecule has 1 aromatic carbocycles. The van der Waals surface area contributed by atoms with E-state index in [4.69, 9.17) is 14.1 Å². The van der Waals surface area contributed by atoms with E-state index >= 15 is 0 Å². The largest absolute Gasteiger partial charge is 0.433 e. The number of aromatic amines is 1.